The molecule has 2 atom stereocenters. The topological polar surface area (TPSA) is 51.0 Å². The van der Waals surface area contributed by atoms with Crippen molar-refractivity contribution in [2.75, 3.05) is 20.3 Å². The zero-order valence-corrected chi connectivity index (χ0v) is 7.49. The van der Waals surface area contributed by atoms with Crippen molar-refractivity contribution in [2.45, 2.75) is 19.4 Å². The molecule has 0 aromatic carbocycles. The molecule has 1 aliphatic heterocycles. The fourth-order valence-electron chi connectivity index (χ4n) is 1.19. The van der Waals surface area contributed by atoms with Gasteiger partial charge in [-0.3, -0.25) is 0 Å². The van der Waals surface area contributed by atoms with E-state index in [4.69, 9.17) is 14.7 Å². The minimum atomic E-state index is -0.140. The monoisotopic (exact) mass is 173 g/mol. The summed E-state index contributed by atoms with van der Waals surface area (Å²) in [5, 5.41) is 12.6. The molecule has 12 heavy (non-hydrogen) atoms. The van der Waals surface area contributed by atoms with Gasteiger partial charge in [0, 0.05) is 19.4 Å². The number of rotatable bonds is 4. The Morgan fingerprint density at radius 3 is 3.08 bits per heavy atom. The molecule has 1 heterocycles. The predicted octanol–water partition coefficient (Wildman–Crippen LogP) is 0.406. The molecule has 4 heteroatoms. The molecule has 0 saturated heterocycles. The van der Waals surface area contributed by atoms with E-state index in [0.29, 0.717) is 6.61 Å². The first-order valence-corrected chi connectivity index (χ1v) is 4.10. The lowest BCUT2D eigenvalue weighted by Crippen LogP contribution is -2.18. The normalized spacial score (nSPS) is 24.9. The third kappa shape index (κ3) is 2.19. The Kier molecular flexibility index (Phi) is 3.49. The summed E-state index contributed by atoms with van der Waals surface area (Å²) in [6.07, 6.45) is 0.584. The van der Waals surface area contributed by atoms with E-state index in [1.165, 1.54) is 0 Å². The Hall–Kier alpha value is -0.610. The highest BCUT2D eigenvalue weighted by Gasteiger charge is 2.23. The minimum absolute atomic E-state index is 0.0344. The Balaban J connectivity index is 2.34. The Labute approximate surface area is 72.2 Å². The number of oxime groups is 1. The maximum atomic E-state index is 8.77. The summed E-state index contributed by atoms with van der Waals surface area (Å²) in [6, 6.07) is 0. The molecule has 0 fully saturated rings. The second kappa shape index (κ2) is 4.42. The first-order valence-electron chi connectivity index (χ1n) is 4.10. The first kappa shape index (κ1) is 9.48. The van der Waals surface area contributed by atoms with E-state index in [-0.39, 0.29) is 18.6 Å². The zero-order chi connectivity index (χ0) is 8.97. The molecule has 4 nitrogen and oxygen atoms in total. The number of hydrogen-bond donors (Lipinski definition) is 1. The third-order valence-corrected chi connectivity index (χ3v) is 1.94. The van der Waals surface area contributed by atoms with Gasteiger partial charge in [-0.25, -0.2) is 0 Å². The van der Waals surface area contributed by atoms with E-state index < -0.39 is 0 Å². The lowest BCUT2D eigenvalue weighted by molar-refractivity contribution is 0.0390. The van der Waals surface area contributed by atoms with Gasteiger partial charge in [-0.15, -0.1) is 0 Å². The van der Waals surface area contributed by atoms with Crippen LogP contribution in [0.2, 0.25) is 0 Å². The second-order valence-corrected chi connectivity index (χ2v) is 3.05. The molecule has 1 N–H and O–H groups in total. The van der Waals surface area contributed by atoms with Crippen LogP contribution in [0.25, 0.3) is 0 Å². The van der Waals surface area contributed by atoms with Crippen LogP contribution >= 0.6 is 0 Å². The quantitative estimate of drug-likeness (QED) is 0.669. The fourth-order valence-corrected chi connectivity index (χ4v) is 1.19. The van der Waals surface area contributed by atoms with E-state index in [9.17, 15) is 0 Å². The smallest absolute Gasteiger partial charge is 0.155 e. The summed E-state index contributed by atoms with van der Waals surface area (Å²) in [5.41, 5.74) is 0.982. The minimum Gasteiger partial charge on any atom is -0.392 e. The van der Waals surface area contributed by atoms with Gasteiger partial charge in [-0.05, 0) is 0 Å². The Morgan fingerprint density at radius 1 is 1.83 bits per heavy atom. The van der Waals surface area contributed by atoms with Crippen molar-refractivity contribution in [1.82, 2.24) is 0 Å². The van der Waals surface area contributed by atoms with Crippen LogP contribution in [0.15, 0.2) is 5.16 Å². The van der Waals surface area contributed by atoms with Crippen LogP contribution in [0.1, 0.15) is 13.3 Å². The van der Waals surface area contributed by atoms with Crippen molar-refractivity contribution < 1.29 is 14.7 Å². The molecule has 0 spiro atoms. The number of methoxy groups -OCH3 is 1. The molecular weight excluding hydrogens is 158 g/mol. The Morgan fingerprint density at radius 2 is 2.58 bits per heavy atom. The summed E-state index contributed by atoms with van der Waals surface area (Å²) in [6.45, 7) is 2.72. The number of ether oxygens (including phenoxy) is 1. The predicted molar refractivity (Wildman–Crippen MR) is 45.1 cm³/mol. The molecule has 0 aromatic rings. The first-order chi connectivity index (χ1) is 5.77. The Bertz CT molecular complexity index is 170. The fraction of sp³-hybridized carbons (Fsp3) is 0.875. The number of aliphatic hydroxyl groups is 1. The molecule has 2 unspecified atom stereocenters. The van der Waals surface area contributed by atoms with E-state index in [1.807, 2.05) is 6.92 Å². The molecule has 0 aliphatic carbocycles. The van der Waals surface area contributed by atoms with Gasteiger partial charge in [0.1, 0.15) is 0 Å². The van der Waals surface area contributed by atoms with Crippen molar-refractivity contribution in [3.05, 3.63) is 0 Å². The highest BCUT2D eigenvalue weighted by atomic mass is 16.6. The van der Waals surface area contributed by atoms with Gasteiger partial charge in [-0.2, -0.15) is 0 Å². The van der Waals surface area contributed by atoms with Crippen LogP contribution < -0.4 is 0 Å². The molecule has 1 aliphatic rings. The summed E-state index contributed by atoms with van der Waals surface area (Å²) >= 11 is 0. The van der Waals surface area contributed by atoms with Crippen LogP contribution in [0.5, 0.6) is 0 Å². The highest BCUT2D eigenvalue weighted by Crippen LogP contribution is 2.15. The molecule has 0 aromatic heterocycles. The van der Waals surface area contributed by atoms with Gasteiger partial charge in [0.25, 0.3) is 0 Å². The summed E-state index contributed by atoms with van der Waals surface area (Å²) < 4.78 is 4.99. The maximum Gasteiger partial charge on any atom is 0.155 e. The van der Waals surface area contributed by atoms with Crippen molar-refractivity contribution in [3.63, 3.8) is 0 Å². The molecule has 1 rings (SSSR count). The van der Waals surface area contributed by atoms with Crippen molar-refractivity contribution >= 4 is 5.71 Å². The third-order valence-electron chi connectivity index (χ3n) is 1.94. The average molecular weight is 173 g/mol. The summed E-state index contributed by atoms with van der Waals surface area (Å²) in [4.78, 5) is 4.96. The van der Waals surface area contributed by atoms with Crippen molar-refractivity contribution in [2.24, 2.45) is 11.1 Å². The van der Waals surface area contributed by atoms with Gasteiger partial charge in [-0.1, -0.05) is 12.1 Å². The zero-order valence-electron chi connectivity index (χ0n) is 7.49. The number of aliphatic hydroxyl groups excluding tert-OH is 1. The van der Waals surface area contributed by atoms with E-state index in [0.717, 1.165) is 12.1 Å². The molecule has 0 radical (unpaired) electrons. The summed E-state index contributed by atoms with van der Waals surface area (Å²) in [7, 11) is 1.66. The summed E-state index contributed by atoms with van der Waals surface area (Å²) in [5.74, 6) is 0.284. The van der Waals surface area contributed by atoms with Gasteiger partial charge in [0.05, 0.1) is 18.9 Å². The molecule has 0 amide bonds. The van der Waals surface area contributed by atoms with Crippen LogP contribution in [-0.4, -0.2) is 37.2 Å². The average Bonchev–Trinajstić information content (AvgIpc) is 2.52. The highest BCUT2D eigenvalue weighted by molar-refractivity contribution is 5.87. The van der Waals surface area contributed by atoms with Gasteiger partial charge >= 0.3 is 0 Å². The van der Waals surface area contributed by atoms with E-state index in [2.05, 4.69) is 5.16 Å². The SMILES string of the molecule is COCC(C)C1=NOC(CO)C1. The van der Waals surface area contributed by atoms with E-state index >= 15 is 0 Å². The van der Waals surface area contributed by atoms with Gasteiger partial charge in [0.2, 0.25) is 0 Å². The van der Waals surface area contributed by atoms with Gasteiger partial charge < -0.3 is 14.7 Å². The van der Waals surface area contributed by atoms with Crippen molar-refractivity contribution in [3.8, 4) is 0 Å². The number of nitrogens with zero attached hydrogens (tertiary/aromatic N) is 1. The number of hydrogen-bond acceptors (Lipinski definition) is 4. The van der Waals surface area contributed by atoms with Crippen LogP contribution in [0.3, 0.4) is 0 Å². The van der Waals surface area contributed by atoms with Crippen molar-refractivity contribution in [1.29, 1.82) is 0 Å². The second-order valence-electron chi connectivity index (χ2n) is 3.05. The molecule has 0 bridgehead atoms. The lowest BCUT2D eigenvalue weighted by Gasteiger charge is -2.07. The molecule has 70 valence electrons. The standard InChI is InChI=1S/C8H15NO3/c1-6(5-11-2)8-3-7(4-10)12-9-8/h6-7,10H,3-5H2,1-2H3. The largest absolute Gasteiger partial charge is 0.392 e. The molecule has 0 saturated carbocycles. The van der Waals surface area contributed by atoms with Crippen LogP contribution in [-0.2, 0) is 9.57 Å². The maximum absolute atomic E-state index is 8.77. The molecular formula is C8H15NO3. The van der Waals surface area contributed by atoms with E-state index in [1.54, 1.807) is 7.11 Å². The van der Waals surface area contributed by atoms with Gasteiger partial charge in [0.15, 0.2) is 6.10 Å². The van der Waals surface area contributed by atoms with Crippen LogP contribution in [0, 0.1) is 5.92 Å². The lowest BCUT2D eigenvalue weighted by atomic mass is 10.0. The van der Waals surface area contributed by atoms with Crippen LogP contribution in [0.4, 0.5) is 0 Å².